The van der Waals surface area contributed by atoms with E-state index in [9.17, 15) is 4.39 Å². The van der Waals surface area contributed by atoms with Crippen molar-refractivity contribution in [1.29, 1.82) is 0 Å². The highest BCUT2D eigenvalue weighted by Gasteiger charge is 2.22. The van der Waals surface area contributed by atoms with Crippen LogP contribution in [0.25, 0.3) is 11.1 Å². The minimum atomic E-state index is -0.539. The van der Waals surface area contributed by atoms with E-state index in [1.165, 1.54) is 18.5 Å². The number of pyridine rings is 1. The van der Waals surface area contributed by atoms with Crippen LogP contribution in [0.3, 0.4) is 0 Å². The topological polar surface area (TPSA) is 12.9 Å². The van der Waals surface area contributed by atoms with Crippen LogP contribution < -0.4 is 0 Å². The molecule has 0 atom stereocenters. The summed E-state index contributed by atoms with van der Waals surface area (Å²) in [6.07, 6.45) is 2.59. The van der Waals surface area contributed by atoms with E-state index in [4.69, 9.17) is 58.0 Å². The molecule has 0 saturated heterocycles. The first-order valence-corrected chi connectivity index (χ1v) is 6.45. The zero-order valence-electron chi connectivity index (χ0n) is 8.45. The molecule has 7 heteroatoms. The number of nitrogens with zero attached hydrogens (tertiary/aromatic N) is 1. The molecule has 0 bridgehead atoms. The van der Waals surface area contributed by atoms with Crippen LogP contribution in [0.2, 0.25) is 25.1 Å². The van der Waals surface area contributed by atoms with Gasteiger partial charge in [-0.2, -0.15) is 0 Å². The summed E-state index contributed by atoms with van der Waals surface area (Å²) in [6.45, 7) is 0. The molecular formula is C11H3Cl5FN. The molecule has 0 aliphatic carbocycles. The highest BCUT2D eigenvalue weighted by molar-refractivity contribution is 6.56. The van der Waals surface area contributed by atoms with Gasteiger partial charge in [-0.15, -0.1) is 0 Å². The van der Waals surface area contributed by atoms with Crippen molar-refractivity contribution >= 4 is 58.0 Å². The van der Waals surface area contributed by atoms with Crippen molar-refractivity contribution in [3.05, 3.63) is 49.4 Å². The van der Waals surface area contributed by atoms with Crippen LogP contribution >= 0.6 is 58.0 Å². The predicted octanol–water partition coefficient (Wildman–Crippen LogP) is 6.15. The second kappa shape index (κ2) is 5.40. The molecule has 1 nitrogen and oxygen atoms in total. The highest BCUT2D eigenvalue weighted by atomic mass is 35.5. The normalized spacial score (nSPS) is 10.8. The van der Waals surface area contributed by atoms with Gasteiger partial charge in [0.15, 0.2) is 0 Å². The average Bonchev–Trinajstić information content (AvgIpc) is 2.36. The lowest BCUT2D eigenvalue weighted by Crippen LogP contribution is -1.91. The summed E-state index contributed by atoms with van der Waals surface area (Å²) in [5.41, 5.74) is 0.274. The average molecular weight is 345 g/mol. The molecule has 0 amide bonds. The van der Waals surface area contributed by atoms with Gasteiger partial charge >= 0.3 is 0 Å². The van der Waals surface area contributed by atoms with Gasteiger partial charge < -0.3 is 0 Å². The molecule has 0 fully saturated rings. The fourth-order valence-electron chi connectivity index (χ4n) is 1.40. The van der Waals surface area contributed by atoms with Gasteiger partial charge in [0, 0.05) is 23.5 Å². The SMILES string of the molecule is Fc1ccncc1-c1c(Cl)c(Cl)c(Cl)c(Cl)c1Cl. The first-order chi connectivity index (χ1) is 8.45. The smallest absolute Gasteiger partial charge is 0.134 e. The molecule has 18 heavy (non-hydrogen) atoms. The van der Waals surface area contributed by atoms with Crippen molar-refractivity contribution < 1.29 is 4.39 Å². The number of halogens is 6. The van der Waals surface area contributed by atoms with E-state index in [2.05, 4.69) is 4.98 Å². The zero-order valence-corrected chi connectivity index (χ0v) is 12.2. The second-order valence-corrected chi connectivity index (χ2v) is 5.19. The Morgan fingerprint density at radius 2 is 1.33 bits per heavy atom. The van der Waals surface area contributed by atoms with Crippen molar-refractivity contribution in [2.75, 3.05) is 0 Å². The van der Waals surface area contributed by atoms with Crippen molar-refractivity contribution in [1.82, 2.24) is 4.98 Å². The Kier molecular flexibility index (Phi) is 4.25. The maximum Gasteiger partial charge on any atom is 0.134 e. The lowest BCUT2D eigenvalue weighted by Gasteiger charge is -2.12. The molecule has 2 aromatic rings. The minimum Gasteiger partial charge on any atom is -0.264 e. The van der Waals surface area contributed by atoms with Gasteiger partial charge in [-0.1, -0.05) is 58.0 Å². The van der Waals surface area contributed by atoms with Gasteiger partial charge in [-0.3, -0.25) is 4.98 Å². The Hall–Kier alpha value is -0.250. The monoisotopic (exact) mass is 343 g/mol. The number of aromatic nitrogens is 1. The summed E-state index contributed by atoms with van der Waals surface area (Å²) in [5.74, 6) is -0.539. The molecular weight excluding hydrogens is 342 g/mol. The summed E-state index contributed by atoms with van der Waals surface area (Å²) in [5, 5.41) is 0.129. The third kappa shape index (κ3) is 2.28. The molecule has 0 spiro atoms. The first kappa shape index (κ1) is 14.2. The van der Waals surface area contributed by atoms with Gasteiger partial charge in [0.2, 0.25) is 0 Å². The molecule has 1 aromatic heterocycles. The van der Waals surface area contributed by atoms with Gasteiger partial charge in [0.25, 0.3) is 0 Å². The van der Waals surface area contributed by atoms with E-state index in [-0.39, 0.29) is 36.2 Å². The quantitative estimate of drug-likeness (QED) is 0.446. The van der Waals surface area contributed by atoms with Crippen LogP contribution in [0.4, 0.5) is 4.39 Å². The summed E-state index contributed by atoms with van der Waals surface area (Å²) in [4.78, 5) is 3.81. The lowest BCUT2D eigenvalue weighted by atomic mass is 10.1. The Morgan fingerprint density at radius 1 is 0.833 bits per heavy atom. The van der Waals surface area contributed by atoms with Crippen LogP contribution in [0.1, 0.15) is 0 Å². The minimum absolute atomic E-state index is 0.0194. The molecule has 0 N–H and O–H groups in total. The summed E-state index contributed by atoms with van der Waals surface area (Å²) in [7, 11) is 0. The summed E-state index contributed by atoms with van der Waals surface area (Å²) < 4.78 is 13.7. The van der Waals surface area contributed by atoms with E-state index in [1.807, 2.05) is 0 Å². The largest absolute Gasteiger partial charge is 0.264 e. The molecule has 1 heterocycles. The van der Waals surface area contributed by atoms with E-state index in [0.717, 1.165) is 0 Å². The Balaban J connectivity index is 2.85. The number of hydrogen-bond donors (Lipinski definition) is 0. The molecule has 1 aromatic carbocycles. The maximum atomic E-state index is 13.7. The Labute approximate surface area is 127 Å². The molecule has 0 aliphatic rings. The fraction of sp³-hybridized carbons (Fsp3) is 0. The number of benzene rings is 1. The lowest BCUT2D eigenvalue weighted by molar-refractivity contribution is 0.629. The van der Waals surface area contributed by atoms with Gasteiger partial charge in [-0.25, -0.2) is 4.39 Å². The standard InChI is InChI=1S/C11H3Cl5FN/c12-7-6(4-3-18-2-1-5(4)17)8(13)10(15)11(16)9(7)14/h1-3H. The Morgan fingerprint density at radius 3 is 1.83 bits per heavy atom. The molecule has 2 rings (SSSR count). The van der Waals surface area contributed by atoms with Crippen molar-refractivity contribution in [3.63, 3.8) is 0 Å². The van der Waals surface area contributed by atoms with E-state index >= 15 is 0 Å². The van der Waals surface area contributed by atoms with Crippen molar-refractivity contribution in [2.45, 2.75) is 0 Å². The predicted molar refractivity (Wildman–Crippen MR) is 74.7 cm³/mol. The van der Waals surface area contributed by atoms with Crippen LogP contribution in [0.5, 0.6) is 0 Å². The third-order valence-electron chi connectivity index (χ3n) is 2.25. The molecule has 0 unspecified atom stereocenters. The third-order valence-corrected chi connectivity index (χ3v) is 4.52. The Bertz CT molecular complexity index is 600. The van der Waals surface area contributed by atoms with Crippen molar-refractivity contribution in [3.8, 4) is 11.1 Å². The molecule has 0 saturated carbocycles. The van der Waals surface area contributed by atoms with E-state index in [1.54, 1.807) is 0 Å². The van der Waals surface area contributed by atoms with E-state index < -0.39 is 5.82 Å². The maximum absolute atomic E-state index is 13.7. The molecule has 0 aliphatic heterocycles. The van der Waals surface area contributed by atoms with Crippen LogP contribution in [0.15, 0.2) is 18.5 Å². The van der Waals surface area contributed by atoms with E-state index in [0.29, 0.717) is 0 Å². The van der Waals surface area contributed by atoms with Gasteiger partial charge in [0.1, 0.15) is 5.82 Å². The second-order valence-electron chi connectivity index (χ2n) is 3.30. The molecule has 0 radical (unpaired) electrons. The number of hydrogen-bond acceptors (Lipinski definition) is 1. The van der Waals surface area contributed by atoms with Gasteiger partial charge in [-0.05, 0) is 6.07 Å². The summed E-state index contributed by atoms with van der Waals surface area (Å²) in [6, 6.07) is 1.18. The van der Waals surface area contributed by atoms with Crippen LogP contribution in [0, 0.1) is 5.82 Å². The van der Waals surface area contributed by atoms with Crippen molar-refractivity contribution in [2.24, 2.45) is 0 Å². The summed E-state index contributed by atoms with van der Waals surface area (Å²) >= 11 is 29.7. The van der Waals surface area contributed by atoms with Crippen LogP contribution in [-0.2, 0) is 0 Å². The zero-order chi connectivity index (χ0) is 13.4. The number of rotatable bonds is 1. The molecule has 94 valence electrons. The highest BCUT2D eigenvalue weighted by Crippen LogP contribution is 2.48. The van der Waals surface area contributed by atoms with Gasteiger partial charge in [0.05, 0.1) is 25.1 Å². The first-order valence-electron chi connectivity index (χ1n) is 4.56. The van der Waals surface area contributed by atoms with Crippen LogP contribution in [-0.4, -0.2) is 4.98 Å². The fourth-order valence-corrected chi connectivity index (χ4v) is 2.74.